The number of methoxy groups -OCH3 is 2. The lowest BCUT2D eigenvalue weighted by atomic mass is 10.2. The van der Waals surface area contributed by atoms with Crippen molar-refractivity contribution in [3.8, 4) is 11.5 Å². The number of benzene rings is 1. The molecule has 0 saturated heterocycles. The van der Waals surface area contributed by atoms with Gasteiger partial charge in [-0.05, 0) is 31.4 Å². The zero-order chi connectivity index (χ0) is 20.6. The van der Waals surface area contributed by atoms with Gasteiger partial charge in [0.1, 0.15) is 11.5 Å². The van der Waals surface area contributed by atoms with E-state index in [1.54, 1.807) is 21.3 Å². The molecule has 0 unspecified atom stereocenters. The van der Waals surface area contributed by atoms with E-state index in [0.29, 0.717) is 0 Å². The van der Waals surface area contributed by atoms with E-state index >= 15 is 0 Å². The topological polar surface area (TPSA) is 88.5 Å². The second kappa shape index (κ2) is 9.86. The van der Waals surface area contributed by atoms with Crippen molar-refractivity contribution in [1.82, 2.24) is 25.4 Å². The minimum absolute atomic E-state index is 0.768. The standard InChI is InChI=1S/C21H30N6O2/c1-15-13-25-27(14-15)9-8-24-21(22-2)23-7-5-6-16-10-18-19(26-16)11-17(28-3)12-20(18)29-4/h10-14,26H,5-9H2,1-4H3,(H2,22,23,24). The first-order valence-electron chi connectivity index (χ1n) is 9.80. The fourth-order valence-electron chi connectivity index (χ4n) is 3.24. The number of fused-ring (bicyclic) bond motifs is 1. The summed E-state index contributed by atoms with van der Waals surface area (Å²) in [7, 11) is 5.12. The molecule has 3 aromatic rings. The van der Waals surface area contributed by atoms with E-state index in [-0.39, 0.29) is 0 Å². The Labute approximate surface area is 171 Å². The number of hydrogen-bond donors (Lipinski definition) is 3. The molecule has 0 atom stereocenters. The molecule has 0 aliphatic rings. The Morgan fingerprint density at radius 1 is 1.17 bits per heavy atom. The molecule has 29 heavy (non-hydrogen) atoms. The number of aromatic amines is 1. The third-order valence-corrected chi connectivity index (χ3v) is 4.72. The number of nitrogens with one attached hydrogen (secondary N) is 3. The molecule has 3 rings (SSSR count). The maximum absolute atomic E-state index is 5.48. The van der Waals surface area contributed by atoms with E-state index in [4.69, 9.17) is 9.47 Å². The molecule has 2 aromatic heterocycles. The third-order valence-electron chi connectivity index (χ3n) is 4.72. The van der Waals surface area contributed by atoms with E-state index < -0.39 is 0 Å². The first kappa shape index (κ1) is 20.6. The van der Waals surface area contributed by atoms with Crippen LogP contribution >= 0.6 is 0 Å². The average Bonchev–Trinajstić information content (AvgIpc) is 3.34. The van der Waals surface area contributed by atoms with Crippen LogP contribution in [0.25, 0.3) is 10.9 Å². The van der Waals surface area contributed by atoms with Crippen LogP contribution in [0.5, 0.6) is 11.5 Å². The molecule has 8 nitrogen and oxygen atoms in total. The highest BCUT2D eigenvalue weighted by Crippen LogP contribution is 2.31. The Hall–Kier alpha value is -3.16. The number of aromatic nitrogens is 3. The molecule has 8 heteroatoms. The van der Waals surface area contributed by atoms with Gasteiger partial charge in [0.05, 0.1) is 32.5 Å². The van der Waals surface area contributed by atoms with Gasteiger partial charge >= 0.3 is 0 Å². The molecule has 0 bridgehead atoms. The highest BCUT2D eigenvalue weighted by atomic mass is 16.5. The predicted octanol–water partition coefficient (Wildman–Crippen LogP) is 2.49. The van der Waals surface area contributed by atoms with E-state index in [0.717, 1.165) is 60.8 Å². The van der Waals surface area contributed by atoms with Gasteiger partial charge < -0.3 is 25.1 Å². The van der Waals surface area contributed by atoms with Crippen LogP contribution < -0.4 is 20.1 Å². The predicted molar refractivity (Wildman–Crippen MR) is 116 cm³/mol. The maximum Gasteiger partial charge on any atom is 0.191 e. The summed E-state index contributed by atoms with van der Waals surface area (Å²) in [6.45, 7) is 4.44. The van der Waals surface area contributed by atoms with Crippen molar-refractivity contribution >= 4 is 16.9 Å². The van der Waals surface area contributed by atoms with Gasteiger partial charge in [-0.3, -0.25) is 9.67 Å². The van der Waals surface area contributed by atoms with E-state index in [2.05, 4.69) is 31.8 Å². The van der Waals surface area contributed by atoms with E-state index in [1.807, 2.05) is 36.1 Å². The van der Waals surface area contributed by atoms with E-state index in [1.165, 1.54) is 11.3 Å². The van der Waals surface area contributed by atoms with E-state index in [9.17, 15) is 0 Å². The molecule has 156 valence electrons. The Morgan fingerprint density at radius 3 is 2.69 bits per heavy atom. The molecule has 0 aliphatic carbocycles. The Balaban J connectivity index is 1.45. The van der Waals surface area contributed by atoms with Gasteiger partial charge in [0.2, 0.25) is 0 Å². The Kier molecular flexibility index (Phi) is 6.99. The number of rotatable bonds is 9. The van der Waals surface area contributed by atoms with Crippen molar-refractivity contribution in [1.29, 1.82) is 0 Å². The number of ether oxygens (including phenoxy) is 2. The summed E-state index contributed by atoms with van der Waals surface area (Å²) in [5.74, 6) is 2.40. The van der Waals surface area contributed by atoms with Crippen LogP contribution in [0.15, 0.2) is 35.6 Å². The van der Waals surface area contributed by atoms with Crippen LogP contribution in [0.2, 0.25) is 0 Å². The summed E-state index contributed by atoms with van der Waals surface area (Å²) in [5.41, 5.74) is 3.36. The van der Waals surface area contributed by atoms with Gasteiger partial charge in [-0.25, -0.2) is 0 Å². The van der Waals surface area contributed by atoms with Crippen LogP contribution in [-0.2, 0) is 13.0 Å². The molecule has 0 amide bonds. The van der Waals surface area contributed by atoms with Crippen LogP contribution in [0.1, 0.15) is 17.7 Å². The lowest BCUT2D eigenvalue weighted by molar-refractivity contribution is 0.398. The molecule has 0 aliphatic heterocycles. The zero-order valence-corrected chi connectivity index (χ0v) is 17.6. The first-order valence-corrected chi connectivity index (χ1v) is 9.80. The average molecular weight is 399 g/mol. The molecule has 2 heterocycles. The second-order valence-corrected chi connectivity index (χ2v) is 6.90. The summed E-state index contributed by atoms with van der Waals surface area (Å²) in [4.78, 5) is 7.73. The van der Waals surface area contributed by atoms with Crippen LogP contribution in [-0.4, -0.2) is 55.1 Å². The minimum Gasteiger partial charge on any atom is -0.497 e. The van der Waals surface area contributed by atoms with Crippen molar-refractivity contribution < 1.29 is 9.47 Å². The summed E-state index contributed by atoms with van der Waals surface area (Å²) in [6.07, 6.45) is 5.80. The number of aliphatic imine (C=N–C) groups is 1. The van der Waals surface area contributed by atoms with Crippen molar-refractivity contribution in [3.05, 3.63) is 41.9 Å². The highest BCUT2D eigenvalue weighted by Gasteiger charge is 2.09. The number of hydrogen-bond acceptors (Lipinski definition) is 4. The molecule has 0 saturated carbocycles. The van der Waals surface area contributed by atoms with Crippen LogP contribution in [0.4, 0.5) is 0 Å². The summed E-state index contributed by atoms with van der Waals surface area (Å²) in [5, 5.41) is 12.0. The summed E-state index contributed by atoms with van der Waals surface area (Å²) < 4.78 is 12.7. The smallest absolute Gasteiger partial charge is 0.191 e. The first-order chi connectivity index (χ1) is 14.1. The molecule has 0 fully saturated rings. The molecular formula is C21H30N6O2. The summed E-state index contributed by atoms with van der Waals surface area (Å²) >= 11 is 0. The van der Waals surface area contributed by atoms with Crippen molar-refractivity contribution in [2.24, 2.45) is 4.99 Å². The SMILES string of the molecule is CN=C(NCCCc1cc2c(OC)cc(OC)cc2[nH]1)NCCn1cc(C)cn1. The third kappa shape index (κ3) is 5.43. The molecule has 0 spiro atoms. The zero-order valence-electron chi connectivity index (χ0n) is 17.6. The van der Waals surface area contributed by atoms with Crippen molar-refractivity contribution in [2.45, 2.75) is 26.3 Å². The normalized spacial score (nSPS) is 11.7. The maximum atomic E-state index is 5.48. The van der Waals surface area contributed by atoms with Gasteiger partial charge in [0.25, 0.3) is 0 Å². The lowest BCUT2D eigenvalue weighted by Crippen LogP contribution is -2.39. The number of guanidine groups is 1. The number of nitrogens with zero attached hydrogens (tertiary/aromatic N) is 3. The van der Waals surface area contributed by atoms with Gasteiger partial charge in [0, 0.05) is 49.5 Å². The number of aryl methyl sites for hydroxylation is 2. The molecular weight excluding hydrogens is 368 g/mol. The fraction of sp³-hybridized carbons (Fsp3) is 0.429. The second-order valence-electron chi connectivity index (χ2n) is 6.90. The van der Waals surface area contributed by atoms with Crippen LogP contribution in [0.3, 0.4) is 0 Å². The Morgan fingerprint density at radius 2 is 2.00 bits per heavy atom. The van der Waals surface area contributed by atoms with Gasteiger partial charge in [-0.1, -0.05) is 0 Å². The van der Waals surface area contributed by atoms with Crippen LogP contribution in [0, 0.1) is 6.92 Å². The minimum atomic E-state index is 0.768. The van der Waals surface area contributed by atoms with Crippen molar-refractivity contribution in [3.63, 3.8) is 0 Å². The number of H-pyrrole nitrogens is 1. The van der Waals surface area contributed by atoms with Gasteiger partial charge in [0.15, 0.2) is 5.96 Å². The van der Waals surface area contributed by atoms with Gasteiger partial charge in [-0.15, -0.1) is 0 Å². The lowest BCUT2D eigenvalue weighted by Gasteiger charge is -2.11. The quantitative estimate of drug-likeness (QED) is 0.293. The molecule has 0 radical (unpaired) electrons. The largest absolute Gasteiger partial charge is 0.497 e. The Bertz CT molecular complexity index is 959. The summed E-state index contributed by atoms with van der Waals surface area (Å²) in [6, 6.07) is 6.04. The highest BCUT2D eigenvalue weighted by molar-refractivity contribution is 5.88. The fourth-order valence-corrected chi connectivity index (χ4v) is 3.24. The molecule has 1 aromatic carbocycles. The van der Waals surface area contributed by atoms with Gasteiger partial charge in [-0.2, -0.15) is 5.10 Å². The monoisotopic (exact) mass is 398 g/mol. The van der Waals surface area contributed by atoms with Crippen molar-refractivity contribution in [2.75, 3.05) is 34.4 Å². The molecule has 3 N–H and O–H groups in total.